The first-order valence-corrected chi connectivity index (χ1v) is 9.51. The molecule has 1 atom stereocenters. The summed E-state index contributed by atoms with van der Waals surface area (Å²) in [5.74, 6) is 0.194. The number of rotatable bonds is 7. The zero-order chi connectivity index (χ0) is 21.4. The number of alkyl carbamates (subject to hydrolysis) is 1. The van der Waals surface area contributed by atoms with E-state index in [1.165, 1.54) is 12.7 Å². The SMILES string of the molecule is COC(=O)C(Cc1ccc(OCc2ccc(C)cc2)cc1)NC(=O)OC(C)(C)C. The Kier molecular flexibility index (Phi) is 7.65. The van der Waals surface area contributed by atoms with Crippen molar-refractivity contribution in [3.63, 3.8) is 0 Å². The molecule has 2 aromatic rings. The molecule has 6 nitrogen and oxygen atoms in total. The Balaban J connectivity index is 1.95. The predicted molar refractivity (Wildman–Crippen MR) is 111 cm³/mol. The van der Waals surface area contributed by atoms with Crippen molar-refractivity contribution in [3.8, 4) is 5.75 Å². The van der Waals surface area contributed by atoms with Gasteiger partial charge in [0.1, 0.15) is 24.0 Å². The molecule has 0 fully saturated rings. The summed E-state index contributed by atoms with van der Waals surface area (Å²) in [6.45, 7) is 7.80. The number of amides is 1. The van der Waals surface area contributed by atoms with Crippen molar-refractivity contribution in [3.05, 3.63) is 65.2 Å². The van der Waals surface area contributed by atoms with Crippen LogP contribution in [0.2, 0.25) is 0 Å². The van der Waals surface area contributed by atoms with Crippen LogP contribution in [0.25, 0.3) is 0 Å². The van der Waals surface area contributed by atoms with Gasteiger partial charge in [-0.3, -0.25) is 0 Å². The van der Waals surface area contributed by atoms with Gasteiger partial charge in [0.05, 0.1) is 7.11 Å². The lowest BCUT2D eigenvalue weighted by atomic mass is 10.1. The Morgan fingerprint density at radius 3 is 2.10 bits per heavy atom. The molecule has 2 rings (SSSR count). The highest BCUT2D eigenvalue weighted by molar-refractivity contribution is 5.81. The first kappa shape index (κ1) is 22.3. The van der Waals surface area contributed by atoms with Crippen molar-refractivity contribution < 1.29 is 23.8 Å². The molecule has 2 aromatic carbocycles. The topological polar surface area (TPSA) is 73.9 Å². The van der Waals surface area contributed by atoms with Crippen molar-refractivity contribution in [2.75, 3.05) is 7.11 Å². The molecule has 0 heterocycles. The van der Waals surface area contributed by atoms with Gasteiger partial charge in [0.25, 0.3) is 0 Å². The van der Waals surface area contributed by atoms with Gasteiger partial charge in [-0.1, -0.05) is 42.0 Å². The van der Waals surface area contributed by atoms with E-state index in [9.17, 15) is 9.59 Å². The zero-order valence-electron chi connectivity index (χ0n) is 17.7. The van der Waals surface area contributed by atoms with Crippen LogP contribution in [-0.2, 0) is 27.3 Å². The molecule has 0 spiro atoms. The van der Waals surface area contributed by atoms with Gasteiger partial charge in [0.2, 0.25) is 0 Å². The summed E-state index contributed by atoms with van der Waals surface area (Å²) >= 11 is 0. The lowest BCUT2D eigenvalue weighted by Crippen LogP contribution is -2.45. The minimum Gasteiger partial charge on any atom is -0.489 e. The molecule has 156 valence electrons. The average molecular weight is 399 g/mol. The van der Waals surface area contributed by atoms with Gasteiger partial charge in [-0.15, -0.1) is 0 Å². The summed E-state index contributed by atoms with van der Waals surface area (Å²) in [6, 6.07) is 14.7. The first-order chi connectivity index (χ1) is 13.7. The van der Waals surface area contributed by atoms with Crippen LogP contribution in [0.1, 0.15) is 37.5 Å². The third-order valence-corrected chi connectivity index (χ3v) is 4.07. The number of nitrogens with one attached hydrogen (secondary N) is 1. The van der Waals surface area contributed by atoms with Crippen molar-refractivity contribution >= 4 is 12.1 Å². The fourth-order valence-corrected chi connectivity index (χ4v) is 2.59. The number of hydrogen-bond acceptors (Lipinski definition) is 5. The van der Waals surface area contributed by atoms with Crippen LogP contribution in [0.3, 0.4) is 0 Å². The number of methoxy groups -OCH3 is 1. The summed E-state index contributed by atoms with van der Waals surface area (Å²) in [4.78, 5) is 24.1. The van der Waals surface area contributed by atoms with Crippen molar-refractivity contribution in [1.82, 2.24) is 5.32 Å². The number of benzene rings is 2. The lowest BCUT2D eigenvalue weighted by molar-refractivity contribution is -0.143. The third-order valence-electron chi connectivity index (χ3n) is 4.07. The molecule has 6 heteroatoms. The number of esters is 1. The van der Waals surface area contributed by atoms with Crippen LogP contribution in [-0.4, -0.2) is 30.8 Å². The molecule has 0 aliphatic carbocycles. The smallest absolute Gasteiger partial charge is 0.408 e. The van der Waals surface area contributed by atoms with Gasteiger partial charge in [-0.2, -0.15) is 0 Å². The molecule has 0 bridgehead atoms. The second kappa shape index (κ2) is 9.96. The van der Waals surface area contributed by atoms with Crippen LogP contribution < -0.4 is 10.1 Å². The number of aryl methyl sites for hydroxylation is 1. The van der Waals surface area contributed by atoms with E-state index in [4.69, 9.17) is 14.2 Å². The van der Waals surface area contributed by atoms with Gasteiger partial charge in [-0.05, 0) is 51.0 Å². The zero-order valence-corrected chi connectivity index (χ0v) is 17.7. The second-order valence-electron chi connectivity index (χ2n) is 7.84. The molecular formula is C23H29NO5. The quantitative estimate of drug-likeness (QED) is 0.707. The molecule has 0 aromatic heterocycles. The van der Waals surface area contributed by atoms with Crippen LogP contribution in [0, 0.1) is 6.92 Å². The Bertz CT molecular complexity index is 807. The number of ether oxygens (including phenoxy) is 3. The summed E-state index contributed by atoms with van der Waals surface area (Å²) < 4.78 is 15.8. The van der Waals surface area contributed by atoms with Gasteiger partial charge in [0.15, 0.2) is 0 Å². The molecular weight excluding hydrogens is 370 g/mol. The van der Waals surface area contributed by atoms with Crippen molar-refractivity contribution in [1.29, 1.82) is 0 Å². The monoisotopic (exact) mass is 399 g/mol. The van der Waals surface area contributed by atoms with Crippen LogP contribution in [0.5, 0.6) is 5.75 Å². The number of hydrogen-bond donors (Lipinski definition) is 1. The molecule has 1 N–H and O–H groups in total. The fraction of sp³-hybridized carbons (Fsp3) is 0.391. The number of carbonyl (C=O) groups excluding carboxylic acids is 2. The Morgan fingerprint density at radius 1 is 0.966 bits per heavy atom. The van der Waals surface area contributed by atoms with E-state index in [-0.39, 0.29) is 6.42 Å². The minimum absolute atomic E-state index is 0.282. The summed E-state index contributed by atoms with van der Waals surface area (Å²) in [7, 11) is 1.29. The van der Waals surface area contributed by atoms with Crippen molar-refractivity contribution in [2.45, 2.75) is 52.4 Å². The molecule has 0 saturated carbocycles. The Hall–Kier alpha value is -3.02. The maximum atomic E-state index is 12.1. The van der Waals surface area contributed by atoms with E-state index in [0.29, 0.717) is 6.61 Å². The summed E-state index contributed by atoms with van der Waals surface area (Å²) in [5, 5.41) is 2.57. The molecule has 0 saturated heterocycles. The minimum atomic E-state index is -0.839. The van der Waals surface area contributed by atoms with E-state index < -0.39 is 23.7 Å². The van der Waals surface area contributed by atoms with Gasteiger partial charge in [0, 0.05) is 6.42 Å². The van der Waals surface area contributed by atoms with E-state index in [2.05, 4.69) is 5.32 Å². The van der Waals surface area contributed by atoms with E-state index in [0.717, 1.165) is 16.9 Å². The highest BCUT2D eigenvalue weighted by atomic mass is 16.6. The summed E-state index contributed by atoms with van der Waals surface area (Å²) in [5.41, 5.74) is 2.51. The third kappa shape index (κ3) is 7.86. The van der Waals surface area contributed by atoms with E-state index in [1.54, 1.807) is 20.8 Å². The summed E-state index contributed by atoms with van der Waals surface area (Å²) in [6.07, 6.45) is -0.379. The first-order valence-electron chi connectivity index (χ1n) is 9.51. The Morgan fingerprint density at radius 2 is 1.55 bits per heavy atom. The van der Waals surface area contributed by atoms with E-state index in [1.807, 2.05) is 55.5 Å². The molecule has 0 aliphatic heterocycles. The largest absolute Gasteiger partial charge is 0.489 e. The molecule has 29 heavy (non-hydrogen) atoms. The van der Waals surface area contributed by atoms with Crippen molar-refractivity contribution in [2.24, 2.45) is 0 Å². The standard InChI is InChI=1S/C23H29NO5/c1-16-6-8-18(9-7-16)15-28-19-12-10-17(11-13-19)14-20(21(25)27-5)24-22(26)29-23(2,3)4/h6-13,20H,14-15H2,1-5H3,(H,24,26). The molecule has 0 radical (unpaired) electrons. The highest BCUT2D eigenvalue weighted by Gasteiger charge is 2.25. The molecule has 1 unspecified atom stereocenters. The van der Waals surface area contributed by atoms with Crippen LogP contribution in [0.15, 0.2) is 48.5 Å². The maximum absolute atomic E-state index is 12.1. The second-order valence-corrected chi connectivity index (χ2v) is 7.84. The number of carbonyl (C=O) groups is 2. The van der Waals surface area contributed by atoms with E-state index >= 15 is 0 Å². The van der Waals surface area contributed by atoms with Gasteiger partial charge < -0.3 is 19.5 Å². The lowest BCUT2D eigenvalue weighted by Gasteiger charge is -2.22. The maximum Gasteiger partial charge on any atom is 0.408 e. The molecule has 1 amide bonds. The van der Waals surface area contributed by atoms with Gasteiger partial charge in [-0.25, -0.2) is 9.59 Å². The Labute approximate surface area is 172 Å². The van der Waals surface area contributed by atoms with Crippen LogP contribution in [0.4, 0.5) is 4.79 Å². The van der Waals surface area contributed by atoms with Gasteiger partial charge >= 0.3 is 12.1 Å². The highest BCUT2D eigenvalue weighted by Crippen LogP contribution is 2.16. The molecule has 0 aliphatic rings. The predicted octanol–water partition coefficient (Wildman–Crippen LogP) is 4.18. The normalized spacial score (nSPS) is 12.0. The fourth-order valence-electron chi connectivity index (χ4n) is 2.59. The van der Waals surface area contributed by atoms with Crippen LogP contribution >= 0.6 is 0 Å². The average Bonchev–Trinajstić information content (AvgIpc) is 2.66.